The van der Waals surface area contributed by atoms with Gasteiger partial charge in [-0.05, 0) is 0 Å². The minimum absolute atomic E-state index is 0.0995. The van der Waals surface area contributed by atoms with E-state index >= 15 is 0 Å². The molecule has 1 heterocycles. The van der Waals surface area contributed by atoms with E-state index in [1.165, 1.54) is 6.20 Å². The lowest BCUT2D eigenvalue weighted by Gasteiger charge is -1.97. The van der Waals surface area contributed by atoms with E-state index in [2.05, 4.69) is 4.98 Å². The SMILES string of the molecule is O=C(O)C(O)c1ncc(Cl)s1. The number of aliphatic hydroxyl groups excluding tert-OH is 1. The molecule has 0 aliphatic carbocycles. The Morgan fingerprint density at radius 1 is 1.82 bits per heavy atom. The van der Waals surface area contributed by atoms with Gasteiger partial charge in [0.25, 0.3) is 0 Å². The second-order valence-electron chi connectivity index (χ2n) is 1.74. The summed E-state index contributed by atoms with van der Waals surface area (Å²) in [6.45, 7) is 0. The summed E-state index contributed by atoms with van der Waals surface area (Å²) in [7, 11) is 0. The summed E-state index contributed by atoms with van der Waals surface area (Å²) in [5, 5.41) is 17.3. The van der Waals surface area contributed by atoms with E-state index < -0.39 is 12.1 Å². The first-order valence-corrected chi connectivity index (χ1v) is 3.83. The highest BCUT2D eigenvalue weighted by Crippen LogP contribution is 2.23. The minimum Gasteiger partial charge on any atom is -0.479 e. The van der Waals surface area contributed by atoms with E-state index in [1.807, 2.05) is 0 Å². The van der Waals surface area contributed by atoms with Crippen LogP contribution in [-0.4, -0.2) is 21.2 Å². The molecule has 0 bridgehead atoms. The number of aliphatic hydroxyl groups is 1. The fraction of sp³-hybridized carbons (Fsp3) is 0.200. The third-order valence-corrected chi connectivity index (χ3v) is 2.13. The van der Waals surface area contributed by atoms with Crippen LogP contribution in [0, 0.1) is 0 Å². The zero-order valence-corrected chi connectivity index (χ0v) is 6.76. The molecule has 0 saturated carbocycles. The van der Waals surface area contributed by atoms with Crippen molar-refractivity contribution in [1.29, 1.82) is 0 Å². The average molecular weight is 194 g/mol. The molecule has 0 saturated heterocycles. The Bertz CT molecular complexity index is 274. The van der Waals surface area contributed by atoms with Crippen molar-refractivity contribution in [3.8, 4) is 0 Å². The molecule has 0 radical (unpaired) electrons. The Morgan fingerprint density at radius 2 is 2.45 bits per heavy atom. The van der Waals surface area contributed by atoms with Crippen LogP contribution in [-0.2, 0) is 4.79 Å². The molecule has 1 unspecified atom stereocenters. The molecule has 1 atom stereocenters. The minimum atomic E-state index is -1.56. The molecule has 0 amide bonds. The first-order chi connectivity index (χ1) is 5.11. The molecule has 11 heavy (non-hydrogen) atoms. The van der Waals surface area contributed by atoms with Gasteiger partial charge in [0, 0.05) is 0 Å². The van der Waals surface area contributed by atoms with E-state index in [4.69, 9.17) is 21.8 Å². The van der Waals surface area contributed by atoms with Crippen molar-refractivity contribution < 1.29 is 15.0 Å². The first kappa shape index (κ1) is 8.45. The molecular formula is C5H4ClNO3S. The van der Waals surface area contributed by atoms with Crippen LogP contribution in [0.5, 0.6) is 0 Å². The summed E-state index contributed by atoms with van der Waals surface area (Å²) in [5.74, 6) is -1.32. The molecule has 1 aromatic rings. The largest absolute Gasteiger partial charge is 0.479 e. The van der Waals surface area contributed by atoms with Crippen LogP contribution < -0.4 is 0 Å². The van der Waals surface area contributed by atoms with Gasteiger partial charge in [-0.3, -0.25) is 0 Å². The Balaban J connectivity index is 2.84. The topological polar surface area (TPSA) is 70.4 Å². The van der Waals surface area contributed by atoms with E-state index in [0.29, 0.717) is 4.34 Å². The zero-order valence-electron chi connectivity index (χ0n) is 5.19. The van der Waals surface area contributed by atoms with Gasteiger partial charge in [-0.1, -0.05) is 11.6 Å². The quantitative estimate of drug-likeness (QED) is 0.733. The maximum Gasteiger partial charge on any atom is 0.339 e. The van der Waals surface area contributed by atoms with Crippen LogP contribution in [0.4, 0.5) is 0 Å². The molecular weight excluding hydrogens is 190 g/mol. The van der Waals surface area contributed by atoms with Gasteiger partial charge in [0.2, 0.25) is 6.10 Å². The van der Waals surface area contributed by atoms with Gasteiger partial charge >= 0.3 is 5.97 Å². The average Bonchev–Trinajstić information content (AvgIpc) is 2.34. The van der Waals surface area contributed by atoms with Crippen LogP contribution in [0.15, 0.2) is 6.20 Å². The lowest BCUT2D eigenvalue weighted by molar-refractivity contribution is -0.146. The number of thiazole rings is 1. The number of hydrogen-bond donors (Lipinski definition) is 2. The van der Waals surface area contributed by atoms with Crippen LogP contribution in [0.3, 0.4) is 0 Å². The highest BCUT2D eigenvalue weighted by Gasteiger charge is 2.19. The fourth-order valence-electron chi connectivity index (χ4n) is 0.499. The van der Waals surface area contributed by atoms with Crippen LogP contribution in [0.1, 0.15) is 11.1 Å². The standard InChI is InChI=1S/C5H4ClNO3S/c6-2-1-7-4(11-2)3(8)5(9)10/h1,3,8H,(H,9,10). The van der Waals surface area contributed by atoms with Gasteiger partial charge in [-0.15, -0.1) is 11.3 Å². The summed E-state index contributed by atoms with van der Waals surface area (Å²) < 4.78 is 0.361. The monoisotopic (exact) mass is 193 g/mol. The lowest BCUT2D eigenvalue weighted by Crippen LogP contribution is -2.09. The molecule has 1 aromatic heterocycles. The predicted octanol–water partition coefficient (Wildman–Crippen LogP) is 0.914. The summed E-state index contributed by atoms with van der Waals surface area (Å²) in [6, 6.07) is 0. The molecule has 2 N–H and O–H groups in total. The maximum absolute atomic E-state index is 10.2. The molecule has 0 aliphatic rings. The van der Waals surface area contributed by atoms with Crippen molar-refractivity contribution in [3.63, 3.8) is 0 Å². The summed E-state index contributed by atoms with van der Waals surface area (Å²) in [6.07, 6.45) is -0.263. The zero-order chi connectivity index (χ0) is 8.43. The number of nitrogens with zero attached hydrogens (tertiary/aromatic N) is 1. The molecule has 60 valence electrons. The Kier molecular flexibility index (Phi) is 2.43. The number of carboxylic acid groups (broad SMARTS) is 1. The third kappa shape index (κ3) is 1.89. The molecule has 0 fully saturated rings. The Hall–Kier alpha value is -0.650. The van der Waals surface area contributed by atoms with Crippen molar-refractivity contribution in [2.75, 3.05) is 0 Å². The summed E-state index contributed by atoms with van der Waals surface area (Å²) >= 11 is 6.41. The first-order valence-electron chi connectivity index (χ1n) is 2.63. The number of hydrogen-bond acceptors (Lipinski definition) is 4. The molecule has 0 spiro atoms. The summed E-state index contributed by atoms with van der Waals surface area (Å²) in [5.41, 5.74) is 0. The van der Waals surface area contributed by atoms with Gasteiger partial charge < -0.3 is 10.2 Å². The smallest absolute Gasteiger partial charge is 0.339 e. The lowest BCUT2D eigenvalue weighted by atomic mass is 10.4. The van der Waals surface area contributed by atoms with E-state index in [-0.39, 0.29) is 5.01 Å². The number of rotatable bonds is 2. The fourth-order valence-corrected chi connectivity index (χ4v) is 1.41. The normalized spacial score (nSPS) is 12.9. The summed E-state index contributed by atoms with van der Waals surface area (Å²) in [4.78, 5) is 13.8. The van der Waals surface area contributed by atoms with Crippen LogP contribution in [0.25, 0.3) is 0 Å². The molecule has 4 nitrogen and oxygen atoms in total. The predicted molar refractivity (Wildman–Crippen MR) is 39.7 cm³/mol. The number of aliphatic carboxylic acids is 1. The van der Waals surface area contributed by atoms with E-state index in [0.717, 1.165) is 11.3 Å². The van der Waals surface area contributed by atoms with Gasteiger partial charge in [0.15, 0.2) is 0 Å². The van der Waals surface area contributed by atoms with Crippen molar-refractivity contribution in [2.24, 2.45) is 0 Å². The number of carboxylic acids is 1. The van der Waals surface area contributed by atoms with Crippen LogP contribution in [0.2, 0.25) is 4.34 Å². The highest BCUT2D eigenvalue weighted by molar-refractivity contribution is 7.15. The third-order valence-electron chi connectivity index (χ3n) is 0.963. The highest BCUT2D eigenvalue weighted by atomic mass is 35.5. The van der Waals surface area contributed by atoms with E-state index in [9.17, 15) is 4.79 Å². The van der Waals surface area contributed by atoms with E-state index in [1.54, 1.807) is 0 Å². The second-order valence-corrected chi connectivity index (χ2v) is 3.44. The Morgan fingerprint density at radius 3 is 2.82 bits per heavy atom. The number of aromatic nitrogens is 1. The van der Waals surface area contributed by atoms with Gasteiger partial charge in [0.1, 0.15) is 9.34 Å². The maximum atomic E-state index is 10.2. The van der Waals surface area contributed by atoms with Crippen LogP contribution >= 0.6 is 22.9 Å². The molecule has 0 aromatic carbocycles. The van der Waals surface area contributed by atoms with Gasteiger partial charge in [0.05, 0.1) is 6.20 Å². The number of halogens is 1. The van der Waals surface area contributed by atoms with Crippen molar-refractivity contribution in [2.45, 2.75) is 6.10 Å². The Labute approximate surface area is 71.1 Å². The van der Waals surface area contributed by atoms with Crippen molar-refractivity contribution >= 4 is 28.9 Å². The molecule has 1 rings (SSSR count). The molecule has 6 heteroatoms. The number of carbonyl (C=O) groups is 1. The van der Waals surface area contributed by atoms with Crippen molar-refractivity contribution in [3.05, 3.63) is 15.5 Å². The van der Waals surface area contributed by atoms with Gasteiger partial charge in [-0.25, -0.2) is 9.78 Å². The van der Waals surface area contributed by atoms with Crippen molar-refractivity contribution in [1.82, 2.24) is 4.98 Å². The second kappa shape index (κ2) is 3.17. The molecule has 0 aliphatic heterocycles. The van der Waals surface area contributed by atoms with Gasteiger partial charge in [-0.2, -0.15) is 0 Å².